The van der Waals surface area contributed by atoms with Crippen LogP contribution in [0.5, 0.6) is 0 Å². The van der Waals surface area contributed by atoms with E-state index in [-0.39, 0.29) is 17.9 Å². The number of amides is 2. The molecular formula is C10H16N2O2. The van der Waals surface area contributed by atoms with Crippen LogP contribution in [0.4, 0.5) is 0 Å². The predicted molar refractivity (Wildman–Crippen MR) is 51.5 cm³/mol. The molecule has 0 aromatic rings. The zero-order chi connectivity index (χ0) is 10.3. The Labute approximate surface area is 83.4 Å². The molecule has 2 N–H and O–H groups in total. The third kappa shape index (κ3) is 1.17. The van der Waals surface area contributed by atoms with E-state index in [0.717, 1.165) is 19.3 Å². The molecule has 1 aliphatic heterocycles. The summed E-state index contributed by atoms with van der Waals surface area (Å²) < 4.78 is 0. The molecule has 14 heavy (non-hydrogen) atoms. The van der Waals surface area contributed by atoms with Crippen molar-refractivity contribution in [3.8, 4) is 0 Å². The maximum atomic E-state index is 11.8. The minimum absolute atomic E-state index is 0.134. The zero-order valence-electron chi connectivity index (χ0n) is 8.59. The first kappa shape index (κ1) is 9.65. The Morgan fingerprint density at radius 1 is 1.36 bits per heavy atom. The summed E-state index contributed by atoms with van der Waals surface area (Å²) in [6.07, 6.45) is 2.96. The van der Waals surface area contributed by atoms with Crippen LogP contribution >= 0.6 is 0 Å². The van der Waals surface area contributed by atoms with Crippen molar-refractivity contribution in [1.82, 2.24) is 10.6 Å². The second-order valence-corrected chi connectivity index (χ2v) is 4.45. The molecule has 4 heteroatoms. The average molecular weight is 196 g/mol. The predicted octanol–water partition coefficient (Wildman–Crippen LogP) is 0.180. The standard InChI is InChI=1S/C10H16N2O2/c1-6-4-3-5-10(6)9(14)11-8(13)7(2)12-10/h6-7,12H,3-5H2,1-2H3,(H,11,13,14). The van der Waals surface area contributed by atoms with Crippen molar-refractivity contribution in [3.63, 3.8) is 0 Å². The average Bonchev–Trinajstić information content (AvgIpc) is 2.46. The molecule has 3 unspecified atom stereocenters. The van der Waals surface area contributed by atoms with Gasteiger partial charge in [0.05, 0.1) is 6.04 Å². The molecule has 2 rings (SSSR count). The summed E-state index contributed by atoms with van der Waals surface area (Å²) in [5.74, 6) is -0.0247. The first-order valence-corrected chi connectivity index (χ1v) is 5.19. The number of hydrogen-bond acceptors (Lipinski definition) is 3. The monoisotopic (exact) mass is 196 g/mol. The van der Waals surface area contributed by atoms with Crippen LogP contribution in [0, 0.1) is 5.92 Å². The molecule has 1 spiro atoms. The van der Waals surface area contributed by atoms with Crippen LogP contribution in [0.2, 0.25) is 0 Å². The number of imide groups is 1. The Hall–Kier alpha value is -0.900. The molecule has 2 fully saturated rings. The van der Waals surface area contributed by atoms with Gasteiger partial charge in [0, 0.05) is 0 Å². The van der Waals surface area contributed by atoms with E-state index < -0.39 is 5.54 Å². The van der Waals surface area contributed by atoms with Gasteiger partial charge in [0.2, 0.25) is 11.8 Å². The van der Waals surface area contributed by atoms with E-state index in [2.05, 4.69) is 17.6 Å². The molecule has 1 saturated heterocycles. The van der Waals surface area contributed by atoms with Crippen molar-refractivity contribution >= 4 is 11.8 Å². The van der Waals surface area contributed by atoms with Crippen molar-refractivity contribution in [1.29, 1.82) is 0 Å². The summed E-state index contributed by atoms with van der Waals surface area (Å²) in [7, 11) is 0. The Bertz CT molecular complexity index is 290. The van der Waals surface area contributed by atoms with Crippen molar-refractivity contribution in [2.75, 3.05) is 0 Å². The molecule has 78 valence electrons. The van der Waals surface area contributed by atoms with Gasteiger partial charge in [-0.1, -0.05) is 13.3 Å². The summed E-state index contributed by atoms with van der Waals surface area (Å²) in [6, 6.07) is -0.256. The van der Waals surface area contributed by atoms with Crippen LogP contribution in [-0.2, 0) is 9.59 Å². The van der Waals surface area contributed by atoms with E-state index in [0.29, 0.717) is 5.92 Å². The summed E-state index contributed by atoms with van der Waals surface area (Å²) in [5, 5.41) is 5.63. The molecule has 0 aromatic heterocycles. The van der Waals surface area contributed by atoms with Gasteiger partial charge in [-0.25, -0.2) is 0 Å². The van der Waals surface area contributed by atoms with Crippen LogP contribution in [0.3, 0.4) is 0 Å². The van der Waals surface area contributed by atoms with Crippen LogP contribution in [0.25, 0.3) is 0 Å². The molecule has 4 nitrogen and oxygen atoms in total. The summed E-state index contributed by atoms with van der Waals surface area (Å²) >= 11 is 0. The van der Waals surface area contributed by atoms with Crippen molar-refractivity contribution in [2.45, 2.75) is 44.7 Å². The van der Waals surface area contributed by atoms with Gasteiger partial charge < -0.3 is 0 Å². The molecule has 0 radical (unpaired) electrons. The maximum absolute atomic E-state index is 11.8. The molecule has 2 amide bonds. The Kier molecular flexibility index (Phi) is 2.10. The summed E-state index contributed by atoms with van der Waals surface area (Å²) in [5.41, 5.74) is -0.479. The van der Waals surface area contributed by atoms with E-state index >= 15 is 0 Å². The van der Waals surface area contributed by atoms with Gasteiger partial charge in [0.25, 0.3) is 0 Å². The number of nitrogens with one attached hydrogen (secondary N) is 2. The van der Waals surface area contributed by atoms with Gasteiger partial charge in [-0.3, -0.25) is 20.2 Å². The quantitative estimate of drug-likeness (QED) is 0.543. The lowest BCUT2D eigenvalue weighted by Crippen LogP contribution is -2.69. The lowest BCUT2D eigenvalue weighted by atomic mass is 9.84. The molecule has 1 saturated carbocycles. The van der Waals surface area contributed by atoms with Crippen molar-refractivity contribution in [2.24, 2.45) is 5.92 Å². The zero-order valence-corrected chi connectivity index (χ0v) is 8.59. The Balaban J connectivity index is 2.27. The van der Waals surface area contributed by atoms with E-state index in [9.17, 15) is 9.59 Å². The first-order valence-electron chi connectivity index (χ1n) is 5.19. The molecule has 0 bridgehead atoms. The minimum atomic E-state index is -0.479. The van der Waals surface area contributed by atoms with Crippen LogP contribution in [-0.4, -0.2) is 23.4 Å². The Morgan fingerprint density at radius 2 is 2.07 bits per heavy atom. The van der Waals surface area contributed by atoms with Crippen molar-refractivity contribution < 1.29 is 9.59 Å². The molecule has 0 aromatic carbocycles. The highest BCUT2D eigenvalue weighted by Gasteiger charge is 2.51. The lowest BCUT2D eigenvalue weighted by Gasteiger charge is -2.39. The largest absolute Gasteiger partial charge is 0.293 e. The fourth-order valence-electron chi connectivity index (χ4n) is 2.58. The highest BCUT2D eigenvalue weighted by atomic mass is 16.2. The number of carbonyl (C=O) groups excluding carboxylic acids is 2. The number of rotatable bonds is 0. The lowest BCUT2D eigenvalue weighted by molar-refractivity contribution is -0.141. The van der Waals surface area contributed by atoms with E-state index in [1.165, 1.54) is 0 Å². The van der Waals surface area contributed by atoms with Gasteiger partial charge in [-0.05, 0) is 25.7 Å². The highest BCUT2D eigenvalue weighted by molar-refractivity contribution is 6.05. The van der Waals surface area contributed by atoms with E-state index in [4.69, 9.17) is 0 Å². The number of hydrogen-bond donors (Lipinski definition) is 2. The third-order valence-corrected chi connectivity index (χ3v) is 3.56. The van der Waals surface area contributed by atoms with E-state index in [1.807, 2.05) is 0 Å². The van der Waals surface area contributed by atoms with Gasteiger partial charge >= 0.3 is 0 Å². The highest BCUT2D eigenvalue weighted by Crippen LogP contribution is 2.37. The van der Waals surface area contributed by atoms with Crippen LogP contribution in [0.1, 0.15) is 33.1 Å². The molecule has 1 heterocycles. The molecule has 2 aliphatic rings. The fraction of sp³-hybridized carbons (Fsp3) is 0.800. The van der Waals surface area contributed by atoms with Gasteiger partial charge in [0.15, 0.2) is 0 Å². The topological polar surface area (TPSA) is 58.2 Å². The molecular weight excluding hydrogens is 180 g/mol. The van der Waals surface area contributed by atoms with Gasteiger partial charge in [-0.2, -0.15) is 0 Å². The smallest absolute Gasteiger partial charge is 0.247 e. The number of piperazine rings is 1. The van der Waals surface area contributed by atoms with Crippen molar-refractivity contribution in [3.05, 3.63) is 0 Å². The fourth-order valence-corrected chi connectivity index (χ4v) is 2.58. The summed E-state index contributed by atoms with van der Waals surface area (Å²) in [4.78, 5) is 23.0. The third-order valence-electron chi connectivity index (χ3n) is 3.56. The molecule has 1 aliphatic carbocycles. The maximum Gasteiger partial charge on any atom is 0.247 e. The van der Waals surface area contributed by atoms with Gasteiger partial charge in [-0.15, -0.1) is 0 Å². The SMILES string of the molecule is CC1NC2(CCCC2C)C(=O)NC1=O. The minimum Gasteiger partial charge on any atom is -0.293 e. The summed E-state index contributed by atoms with van der Waals surface area (Å²) in [6.45, 7) is 3.87. The second kappa shape index (κ2) is 3.05. The number of carbonyl (C=O) groups is 2. The van der Waals surface area contributed by atoms with Gasteiger partial charge in [0.1, 0.15) is 5.54 Å². The Morgan fingerprint density at radius 3 is 2.64 bits per heavy atom. The normalized spacial score (nSPS) is 43.0. The van der Waals surface area contributed by atoms with Crippen LogP contribution in [0.15, 0.2) is 0 Å². The van der Waals surface area contributed by atoms with E-state index in [1.54, 1.807) is 6.92 Å². The second-order valence-electron chi connectivity index (χ2n) is 4.45. The molecule has 3 atom stereocenters. The first-order chi connectivity index (χ1) is 6.56. The van der Waals surface area contributed by atoms with Crippen LogP contribution < -0.4 is 10.6 Å².